The van der Waals surface area contributed by atoms with Crippen molar-refractivity contribution in [3.63, 3.8) is 0 Å². The molecular weight excluding hydrogens is 228 g/mol. The van der Waals surface area contributed by atoms with E-state index in [4.69, 9.17) is 0 Å². The molecule has 0 amide bonds. The number of hydrogen-bond acceptors (Lipinski definition) is 5. The lowest BCUT2D eigenvalue weighted by molar-refractivity contribution is 0.589. The van der Waals surface area contributed by atoms with E-state index in [-0.39, 0.29) is 0 Å². The van der Waals surface area contributed by atoms with Gasteiger partial charge in [0.25, 0.3) is 0 Å². The molecule has 0 aliphatic carbocycles. The van der Waals surface area contributed by atoms with Crippen molar-refractivity contribution in [1.29, 1.82) is 0 Å². The molecular formula is C9H16N4O2S. The van der Waals surface area contributed by atoms with Crippen LogP contribution in [0.25, 0.3) is 0 Å². The number of sulfonamides is 1. The van der Waals surface area contributed by atoms with Crippen molar-refractivity contribution in [3.05, 3.63) is 17.6 Å². The quantitative estimate of drug-likeness (QED) is 0.715. The molecule has 7 heteroatoms. The lowest BCUT2D eigenvalue weighted by atomic mass is 10.4. The first-order valence-electron chi connectivity index (χ1n) is 4.87. The Morgan fingerprint density at radius 1 is 1.25 bits per heavy atom. The molecule has 0 atom stereocenters. The molecule has 0 unspecified atom stereocenters. The smallest absolute Gasteiger partial charge is 0.208 e. The molecule has 2 N–H and O–H groups in total. The maximum Gasteiger partial charge on any atom is 0.208 e. The number of hydrogen-bond donors (Lipinski definition) is 2. The Balaban J connectivity index is 2.43. The van der Waals surface area contributed by atoms with Gasteiger partial charge in [-0.3, -0.25) is 0 Å². The molecule has 0 saturated heterocycles. The summed E-state index contributed by atoms with van der Waals surface area (Å²) in [5.41, 5.74) is 0.881. The zero-order valence-electron chi connectivity index (χ0n) is 9.61. The van der Waals surface area contributed by atoms with Crippen molar-refractivity contribution >= 4 is 15.8 Å². The summed E-state index contributed by atoms with van der Waals surface area (Å²) in [5.74, 6) is 1.40. The van der Waals surface area contributed by atoms with Gasteiger partial charge in [0, 0.05) is 24.8 Å². The fraction of sp³-hybridized carbons (Fsp3) is 0.556. The van der Waals surface area contributed by atoms with Crippen molar-refractivity contribution < 1.29 is 8.42 Å². The molecule has 6 nitrogen and oxygen atoms in total. The third-order valence-corrected chi connectivity index (χ3v) is 2.49. The fourth-order valence-electron chi connectivity index (χ4n) is 1.23. The zero-order chi connectivity index (χ0) is 12.2. The Morgan fingerprint density at radius 3 is 2.50 bits per heavy atom. The van der Waals surface area contributed by atoms with Crippen molar-refractivity contribution in [2.24, 2.45) is 0 Å². The van der Waals surface area contributed by atoms with Crippen molar-refractivity contribution in [2.75, 3.05) is 24.7 Å². The van der Waals surface area contributed by atoms with Gasteiger partial charge in [-0.15, -0.1) is 0 Å². The highest BCUT2D eigenvalue weighted by molar-refractivity contribution is 7.88. The molecule has 0 aliphatic heterocycles. The standard InChI is InChI=1S/C9H16N4O2S/c1-7-6-9(13-8(2)12-7)10-4-5-11-16(3,14)15/h6,11H,4-5H2,1-3H3,(H,10,12,13). The number of aryl methyl sites for hydroxylation is 2. The van der Waals surface area contributed by atoms with E-state index >= 15 is 0 Å². The second kappa shape index (κ2) is 5.22. The number of nitrogens with zero attached hydrogens (tertiary/aromatic N) is 2. The van der Waals surface area contributed by atoms with Gasteiger partial charge < -0.3 is 5.32 Å². The van der Waals surface area contributed by atoms with E-state index in [1.54, 1.807) is 0 Å². The second-order valence-corrected chi connectivity index (χ2v) is 5.37. The molecule has 0 spiro atoms. The first kappa shape index (κ1) is 12.9. The molecule has 0 radical (unpaired) electrons. The average molecular weight is 244 g/mol. The molecule has 1 aromatic rings. The number of rotatable bonds is 5. The highest BCUT2D eigenvalue weighted by Crippen LogP contribution is 2.04. The van der Waals surface area contributed by atoms with E-state index in [1.807, 2.05) is 19.9 Å². The Hall–Kier alpha value is -1.21. The molecule has 0 aliphatic rings. The summed E-state index contributed by atoms with van der Waals surface area (Å²) in [5, 5.41) is 3.02. The van der Waals surface area contributed by atoms with Crippen LogP contribution < -0.4 is 10.0 Å². The van der Waals surface area contributed by atoms with Gasteiger partial charge in [0.05, 0.1) is 6.26 Å². The highest BCUT2D eigenvalue weighted by Gasteiger charge is 2.00. The van der Waals surface area contributed by atoms with Crippen LogP contribution in [0.4, 0.5) is 5.82 Å². The predicted octanol–water partition coefficient (Wildman–Crippen LogP) is 0.0545. The SMILES string of the molecule is Cc1cc(NCCNS(C)(=O)=O)nc(C)n1. The Morgan fingerprint density at radius 2 is 1.94 bits per heavy atom. The third-order valence-electron chi connectivity index (χ3n) is 1.76. The minimum atomic E-state index is -3.12. The molecule has 1 aromatic heterocycles. The van der Waals surface area contributed by atoms with E-state index in [2.05, 4.69) is 20.0 Å². The summed E-state index contributed by atoms with van der Waals surface area (Å²) in [6.45, 7) is 4.52. The van der Waals surface area contributed by atoms with Crippen LogP contribution >= 0.6 is 0 Å². The monoisotopic (exact) mass is 244 g/mol. The molecule has 16 heavy (non-hydrogen) atoms. The van der Waals surface area contributed by atoms with Crippen LogP contribution in [0.1, 0.15) is 11.5 Å². The Kier molecular flexibility index (Phi) is 4.19. The lowest BCUT2D eigenvalue weighted by Crippen LogP contribution is -2.27. The van der Waals surface area contributed by atoms with Crippen molar-refractivity contribution in [2.45, 2.75) is 13.8 Å². The van der Waals surface area contributed by atoms with Gasteiger partial charge in [0.15, 0.2) is 0 Å². The molecule has 0 aromatic carbocycles. The maximum atomic E-state index is 10.8. The van der Waals surface area contributed by atoms with Crippen LogP contribution in [0, 0.1) is 13.8 Å². The minimum absolute atomic E-state index is 0.334. The molecule has 1 heterocycles. The van der Waals surface area contributed by atoms with E-state index in [1.165, 1.54) is 0 Å². The topological polar surface area (TPSA) is 84.0 Å². The van der Waals surface area contributed by atoms with Gasteiger partial charge in [-0.05, 0) is 13.8 Å². The lowest BCUT2D eigenvalue weighted by Gasteiger charge is -2.07. The van der Waals surface area contributed by atoms with Gasteiger partial charge in [0.2, 0.25) is 10.0 Å². The maximum absolute atomic E-state index is 10.8. The van der Waals surface area contributed by atoms with Gasteiger partial charge in [0.1, 0.15) is 11.6 Å². The summed E-state index contributed by atoms with van der Waals surface area (Å²) in [6, 6.07) is 1.81. The normalized spacial score (nSPS) is 11.4. The molecule has 0 saturated carbocycles. The van der Waals surface area contributed by atoms with E-state index < -0.39 is 10.0 Å². The summed E-state index contributed by atoms with van der Waals surface area (Å²) in [7, 11) is -3.12. The third kappa shape index (κ3) is 5.04. The summed E-state index contributed by atoms with van der Waals surface area (Å²) in [4.78, 5) is 8.31. The summed E-state index contributed by atoms with van der Waals surface area (Å²) in [6.07, 6.45) is 1.13. The number of nitrogens with one attached hydrogen (secondary N) is 2. The van der Waals surface area contributed by atoms with Gasteiger partial charge in [-0.25, -0.2) is 23.1 Å². The Labute approximate surface area is 95.6 Å². The van der Waals surface area contributed by atoms with Gasteiger partial charge in [-0.2, -0.15) is 0 Å². The zero-order valence-corrected chi connectivity index (χ0v) is 10.4. The highest BCUT2D eigenvalue weighted by atomic mass is 32.2. The second-order valence-electron chi connectivity index (χ2n) is 3.54. The largest absolute Gasteiger partial charge is 0.369 e. The number of anilines is 1. The van der Waals surface area contributed by atoms with Crippen LogP contribution in [0.5, 0.6) is 0 Å². The van der Waals surface area contributed by atoms with E-state index in [0.29, 0.717) is 24.7 Å². The average Bonchev–Trinajstić information content (AvgIpc) is 2.09. The number of aromatic nitrogens is 2. The summed E-state index contributed by atoms with van der Waals surface area (Å²) >= 11 is 0. The van der Waals surface area contributed by atoms with Crippen LogP contribution in [-0.4, -0.2) is 37.7 Å². The van der Waals surface area contributed by atoms with Crippen molar-refractivity contribution in [3.8, 4) is 0 Å². The molecule has 1 rings (SSSR count). The minimum Gasteiger partial charge on any atom is -0.369 e. The van der Waals surface area contributed by atoms with Crippen molar-refractivity contribution in [1.82, 2.24) is 14.7 Å². The predicted molar refractivity (Wildman–Crippen MR) is 62.8 cm³/mol. The summed E-state index contributed by atoms with van der Waals surface area (Å²) < 4.78 is 24.0. The van der Waals surface area contributed by atoms with E-state index in [0.717, 1.165) is 11.9 Å². The fourth-order valence-corrected chi connectivity index (χ4v) is 1.71. The first-order chi connectivity index (χ1) is 7.37. The molecule has 0 fully saturated rings. The molecule has 0 bridgehead atoms. The van der Waals surface area contributed by atoms with Crippen LogP contribution in [0.2, 0.25) is 0 Å². The van der Waals surface area contributed by atoms with Gasteiger partial charge in [-0.1, -0.05) is 0 Å². The van der Waals surface area contributed by atoms with Gasteiger partial charge >= 0.3 is 0 Å². The first-order valence-corrected chi connectivity index (χ1v) is 6.77. The Bertz CT molecular complexity index is 438. The van der Waals surface area contributed by atoms with Crippen LogP contribution in [0.3, 0.4) is 0 Å². The van der Waals surface area contributed by atoms with Crippen LogP contribution in [0.15, 0.2) is 6.07 Å². The molecule has 90 valence electrons. The van der Waals surface area contributed by atoms with Crippen LogP contribution in [-0.2, 0) is 10.0 Å². The van der Waals surface area contributed by atoms with E-state index in [9.17, 15) is 8.42 Å².